The number of hydrogen-bond acceptors (Lipinski definition) is 4. The molecule has 5 nitrogen and oxygen atoms in total. The first-order valence-corrected chi connectivity index (χ1v) is 4.98. The van der Waals surface area contributed by atoms with E-state index in [-0.39, 0.29) is 0 Å². The minimum atomic E-state index is 0.643. The zero-order valence-corrected chi connectivity index (χ0v) is 8.50. The van der Waals surface area contributed by atoms with E-state index >= 15 is 0 Å². The molecular formula is C11H10N4O. The number of furan rings is 1. The van der Waals surface area contributed by atoms with Crippen LogP contribution in [-0.4, -0.2) is 14.4 Å². The Morgan fingerprint density at radius 1 is 1.25 bits per heavy atom. The summed E-state index contributed by atoms with van der Waals surface area (Å²) in [5.41, 5.74) is 0. The van der Waals surface area contributed by atoms with Gasteiger partial charge in [-0.1, -0.05) is 0 Å². The molecule has 3 aromatic rings. The van der Waals surface area contributed by atoms with Gasteiger partial charge in [-0.2, -0.15) is 0 Å². The zero-order chi connectivity index (χ0) is 10.8. The molecule has 0 spiro atoms. The molecule has 0 atom stereocenters. The molecule has 0 bridgehead atoms. The first-order valence-electron chi connectivity index (χ1n) is 4.98. The van der Waals surface area contributed by atoms with Crippen molar-refractivity contribution < 1.29 is 4.42 Å². The summed E-state index contributed by atoms with van der Waals surface area (Å²) in [4.78, 5) is 8.25. The maximum Gasteiger partial charge on any atom is 0.235 e. The molecule has 16 heavy (non-hydrogen) atoms. The molecule has 0 aliphatic heterocycles. The Bertz CT molecular complexity index is 585. The fraction of sp³-hybridized carbons (Fsp3) is 0.0909. The minimum absolute atomic E-state index is 0.643. The van der Waals surface area contributed by atoms with Gasteiger partial charge in [-0.25, -0.2) is 9.97 Å². The van der Waals surface area contributed by atoms with Gasteiger partial charge in [0, 0.05) is 18.6 Å². The van der Waals surface area contributed by atoms with E-state index in [1.54, 1.807) is 18.7 Å². The molecule has 0 aromatic carbocycles. The normalized spacial score (nSPS) is 10.8. The second kappa shape index (κ2) is 3.69. The summed E-state index contributed by atoms with van der Waals surface area (Å²) in [5.74, 6) is 2.52. The van der Waals surface area contributed by atoms with Crippen molar-refractivity contribution in [1.29, 1.82) is 0 Å². The Morgan fingerprint density at radius 2 is 2.19 bits per heavy atom. The average molecular weight is 214 g/mol. The molecule has 0 saturated carbocycles. The summed E-state index contributed by atoms with van der Waals surface area (Å²) >= 11 is 0. The highest BCUT2D eigenvalue weighted by Crippen LogP contribution is 2.10. The Labute approximate surface area is 91.8 Å². The van der Waals surface area contributed by atoms with Crippen LogP contribution in [0.5, 0.6) is 0 Å². The first-order chi connectivity index (χ1) is 7.93. The van der Waals surface area contributed by atoms with Crippen LogP contribution in [-0.2, 0) is 6.54 Å². The smallest absolute Gasteiger partial charge is 0.235 e. The maximum absolute atomic E-state index is 5.25. The van der Waals surface area contributed by atoms with Crippen LogP contribution in [0, 0.1) is 0 Å². The average Bonchev–Trinajstić information content (AvgIpc) is 2.97. The van der Waals surface area contributed by atoms with Gasteiger partial charge >= 0.3 is 0 Å². The van der Waals surface area contributed by atoms with E-state index in [1.807, 2.05) is 28.8 Å². The second-order valence-electron chi connectivity index (χ2n) is 3.36. The van der Waals surface area contributed by atoms with Gasteiger partial charge in [0.15, 0.2) is 0 Å². The molecule has 3 aromatic heterocycles. The highest BCUT2D eigenvalue weighted by molar-refractivity contribution is 5.44. The molecule has 0 aliphatic carbocycles. The van der Waals surface area contributed by atoms with E-state index in [9.17, 15) is 0 Å². The number of nitrogens with one attached hydrogen (secondary N) is 1. The minimum Gasteiger partial charge on any atom is -0.467 e. The lowest BCUT2D eigenvalue weighted by Crippen LogP contribution is -2.03. The Balaban J connectivity index is 1.86. The van der Waals surface area contributed by atoms with Gasteiger partial charge in [0.2, 0.25) is 5.78 Å². The molecule has 0 aliphatic rings. The molecule has 0 amide bonds. The third-order valence-electron chi connectivity index (χ3n) is 2.33. The highest BCUT2D eigenvalue weighted by atomic mass is 16.3. The predicted octanol–water partition coefficient (Wildman–Crippen LogP) is 1.93. The molecule has 80 valence electrons. The maximum atomic E-state index is 5.25. The van der Waals surface area contributed by atoms with E-state index in [4.69, 9.17) is 4.42 Å². The van der Waals surface area contributed by atoms with Gasteiger partial charge in [0.05, 0.1) is 12.8 Å². The molecule has 0 unspecified atom stereocenters. The van der Waals surface area contributed by atoms with Crippen LogP contribution in [0.4, 0.5) is 5.82 Å². The standard InChI is InChI=1S/C11H10N4O/c1-2-9(16-7-1)8-14-10-3-4-12-11-13-5-6-15(10)11/h1-7,14H,8H2. The zero-order valence-electron chi connectivity index (χ0n) is 8.50. The number of rotatable bonds is 3. The molecule has 5 heteroatoms. The molecule has 0 radical (unpaired) electrons. The molecule has 3 rings (SSSR count). The van der Waals surface area contributed by atoms with E-state index < -0.39 is 0 Å². The summed E-state index contributed by atoms with van der Waals surface area (Å²) in [6, 6.07) is 5.70. The van der Waals surface area contributed by atoms with Crippen molar-refractivity contribution in [2.75, 3.05) is 5.32 Å². The van der Waals surface area contributed by atoms with E-state index in [0.717, 1.165) is 11.6 Å². The van der Waals surface area contributed by atoms with Gasteiger partial charge in [0.1, 0.15) is 11.6 Å². The molecular weight excluding hydrogens is 204 g/mol. The Kier molecular flexibility index (Phi) is 2.07. The van der Waals surface area contributed by atoms with Gasteiger partial charge in [-0.3, -0.25) is 4.40 Å². The summed E-state index contributed by atoms with van der Waals surface area (Å²) in [7, 11) is 0. The van der Waals surface area contributed by atoms with Gasteiger partial charge in [-0.05, 0) is 18.2 Å². The van der Waals surface area contributed by atoms with Crippen LogP contribution < -0.4 is 5.32 Å². The van der Waals surface area contributed by atoms with Crippen LogP contribution in [0.1, 0.15) is 5.76 Å². The van der Waals surface area contributed by atoms with Crippen LogP contribution in [0.2, 0.25) is 0 Å². The summed E-state index contributed by atoms with van der Waals surface area (Å²) < 4.78 is 7.14. The summed E-state index contributed by atoms with van der Waals surface area (Å²) in [6.45, 7) is 0.643. The van der Waals surface area contributed by atoms with Crippen LogP contribution >= 0.6 is 0 Å². The Morgan fingerprint density at radius 3 is 3.06 bits per heavy atom. The lowest BCUT2D eigenvalue weighted by atomic mass is 10.4. The van der Waals surface area contributed by atoms with Crippen LogP contribution in [0.3, 0.4) is 0 Å². The molecule has 0 saturated heterocycles. The van der Waals surface area contributed by atoms with Crippen molar-refractivity contribution in [1.82, 2.24) is 14.4 Å². The van der Waals surface area contributed by atoms with Crippen molar-refractivity contribution in [3.05, 3.63) is 48.8 Å². The fourth-order valence-corrected chi connectivity index (χ4v) is 1.57. The fourth-order valence-electron chi connectivity index (χ4n) is 1.57. The third-order valence-corrected chi connectivity index (χ3v) is 2.33. The number of hydrogen-bond donors (Lipinski definition) is 1. The summed E-state index contributed by atoms with van der Waals surface area (Å²) in [5, 5.41) is 3.27. The number of aromatic nitrogens is 3. The molecule has 1 N–H and O–H groups in total. The number of nitrogens with zero attached hydrogens (tertiary/aromatic N) is 3. The summed E-state index contributed by atoms with van der Waals surface area (Å²) in [6.07, 6.45) is 6.98. The number of anilines is 1. The largest absolute Gasteiger partial charge is 0.467 e. The van der Waals surface area contributed by atoms with E-state index in [2.05, 4.69) is 15.3 Å². The number of fused-ring (bicyclic) bond motifs is 1. The van der Waals surface area contributed by atoms with Crippen LogP contribution in [0.25, 0.3) is 5.78 Å². The van der Waals surface area contributed by atoms with Crippen molar-refractivity contribution in [3.8, 4) is 0 Å². The lowest BCUT2D eigenvalue weighted by molar-refractivity contribution is 0.517. The van der Waals surface area contributed by atoms with Gasteiger partial charge < -0.3 is 9.73 Å². The molecule has 0 fully saturated rings. The molecule has 3 heterocycles. The van der Waals surface area contributed by atoms with Crippen molar-refractivity contribution in [2.45, 2.75) is 6.54 Å². The second-order valence-corrected chi connectivity index (χ2v) is 3.36. The van der Waals surface area contributed by atoms with Gasteiger partial charge in [-0.15, -0.1) is 0 Å². The SMILES string of the molecule is c1coc(CNc2ccnc3nccn23)c1. The first kappa shape index (κ1) is 8.96. The van der Waals surface area contributed by atoms with Crippen molar-refractivity contribution in [2.24, 2.45) is 0 Å². The predicted molar refractivity (Wildman–Crippen MR) is 59.0 cm³/mol. The number of imidazole rings is 1. The quantitative estimate of drug-likeness (QED) is 0.723. The monoisotopic (exact) mass is 214 g/mol. The third kappa shape index (κ3) is 1.52. The van der Waals surface area contributed by atoms with Crippen LogP contribution in [0.15, 0.2) is 47.5 Å². The van der Waals surface area contributed by atoms with Crippen molar-refractivity contribution in [3.63, 3.8) is 0 Å². The van der Waals surface area contributed by atoms with Gasteiger partial charge in [0.25, 0.3) is 0 Å². The highest BCUT2D eigenvalue weighted by Gasteiger charge is 2.01. The van der Waals surface area contributed by atoms with E-state index in [1.165, 1.54) is 0 Å². The Hall–Kier alpha value is -2.30. The topological polar surface area (TPSA) is 55.4 Å². The lowest BCUT2D eigenvalue weighted by Gasteiger charge is -2.06. The van der Waals surface area contributed by atoms with Crippen molar-refractivity contribution >= 4 is 11.6 Å². The van der Waals surface area contributed by atoms with E-state index in [0.29, 0.717) is 12.3 Å².